The molecule has 3 rings (SSSR count). The molecular weight excluding hydrogens is 316 g/mol. The highest BCUT2D eigenvalue weighted by Gasteiger charge is 2.39. The molecule has 0 fully saturated rings. The average molecular weight is 340 g/mol. The van der Waals surface area contributed by atoms with Gasteiger partial charge in [0.2, 0.25) is 11.8 Å². The molecule has 132 valence electrons. The Morgan fingerprint density at radius 3 is 2.72 bits per heavy atom. The fourth-order valence-corrected chi connectivity index (χ4v) is 3.66. The Balaban J connectivity index is 2.07. The number of hydrogen-bond acceptors (Lipinski definition) is 5. The maximum Gasteiger partial charge on any atom is 0.224 e. The smallest absolute Gasteiger partial charge is 0.224 e. The van der Waals surface area contributed by atoms with E-state index >= 15 is 0 Å². The fraction of sp³-hybridized carbons (Fsp3) is 0.474. The zero-order chi connectivity index (χ0) is 18.1. The lowest BCUT2D eigenvalue weighted by Gasteiger charge is -2.43. The Bertz CT molecular complexity index is 793. The highest BCUT2D eigenvalue weighted by Crippen LogP contribution is 2.44. The fourth-order valence-electron chi connectivity index (χ4n) is 3.66. The van der Waals surface area contributed by atoms with Crippen LogP contribution < -0.4 is 9.64 Å². The topological polar surface area (TPSA) is 68.2 Å². The molecule has 0 aliphatic carbocycles. The molecule has 0 radical (unpaired) electrons. The van der Waals surface area contributed by atoms with Gasteiger partial charge in [-0.1, -0.05) is 6.92 Å². The number of amides is 1. The predicted octanol–water partition coefficient (Wildman–Crippen LogP) is 2.91. The van der Waals surface area contributed by atoms with Gasteiger partial charge in [0.25, 0.3) is 0 Å². The molecule has 0 saturated carbocycles. The minimum absolute atomic E-state index is 0.0270. The van der Waals surface area contributed by atoms with Gasteiger partial charge in [0, 0.05) is 43.5 Å². The third kappa shape index (κ3) is 3.21. The van der Waals surface area contributed by atoms with Crippen LogP contribution in [-0.4, -0.2) is 34.0 Å². The van der Waals surface area contributed by atoms with Crippen molar-refractivity contribution in [3.05, 3.63) is 41.6 Å². The number of rotatable bonds is 3. The first-order valence-electron chi connectivity index (χ1n) is 8.54. The number of carbonyl (C=O) groups is 1. The van der Waals surface area contributed by atoms with Gasteiger partial charge < -0.3 is 9.64 Å². The van der Waals surface area contributed by atoms with Crippen molar-refractivity contribution in [3.8, 4) is 5.88 Å². The Labute approximate surface area is 148 Å². The quantitative estimate of drug-likeness (QED) is 0.859. The molecule has 1 aliphatic rings. The van der Waals surface area contributed by atoms with Gasteiger partial charge in [-0.2, -0.15) is 0 Å². The van der Waals surface area contributed by atoms with Crippen LogP contribution in [0.25, 0.3) is 0 Å². The van der Waals surface area contributed by atoms with E-state index in [9.17, 15) is 4.79 Å². The van der Waals surface area contributed by atoms with Gasteiger partial charge in [-0.3, -0.25) is 4.79 Å². The Kier molecular flexibility index (Phi) is 4.70. The molecule has 2 aromatic rings. The lowest BCUT2D eigenvalue weighted by Crippen LogP contribution is -2.47. The van der Waals surface area contributed by atoms with Crippen molar-refractivity contribution in [1.82, 2.24) is 15.0 Å². The van der Waals surface area contributed by atoms with E-state index in [0.717, 1.165) is 29.2 Å². The Morgan fingerprint density at radius 2 is 2.08 bits per heavy atom. The molecule has 3 heterocycles. The molecule has 6 heteroatoms. The first kappa shape index (κ1) is 17.3. The van der Waals surface area contributed by atoms with E-state index < -0.39 is 0 Å². The van der Waals surface area contributed by atoms with Crippen molar-refractivity contribution in [1.29, 1.82) is 0 Å². The molecule has 0 aromatic carbocycles. The third-order valence-electron chi connectivity index (χ3n) is 5.14. The molecule has 6 nitrogen and oxygen atoms in total. The zero-order valence-electron chi connectivity index (χ0n) is 15.4. The van der Waals surface area contributed by atoms with Crippen molar-refractivity contribution in [2.75, 3.05) is 12.0 Å². The van der Waals surface area contributed by atoms with Gasteiger partial charge in [0.15, 0.2) is 0 Å². The van der Waals surface area contributed by atoms with Gasteiger partial charge in [0.05, 0.1) is 12.8 Å². The molecule has 2 unspecified atom stereocenters. The van der Waals surface area contributed by atoms with Crippen LogP contribution in [0.3, 0.4) is 0 Å². The second-order valence-electron chi connectivity index (χ2n) is 6.70. The Morgan fingerprint density at radius 1 is 1.32 bits per heavy atom. The standard InChI is InChI=1S/C19H24N4O2/c1-11-6-7-20-18(22-11)8-15-12(2)13(3)23(14(4)24)17-9-19(25-5)21-10-16(15)17/h6-7,9-10,12-13,15H,8H2,1-5H3/t12?,13-,15?/m0/s1. The van der Waals surface area contributed by atoms with Crippen LogP contribution in [0.1, 0.15) is 43.8 Å². The molecule has 0 spiro atoms. The third-order valence-corrected chi connectivity index (χ3v) is 5.14. The highest BCUT2D eigenvalue weighted by atomic mass is 16.5. The number of hydrogen-bond donors (Lipinski definition) is 0. The molecule has 1 amide bonds. The van der Waals surface area contributed by atoms with Crippen LogP contribution in [0.5, 0.6) is 5.88 Å². The van der Waals surface area contributed by atoms with Gasteiger partial charge in [-0.05, 0) is 37.3 Å². The van der Waals surface area contributed by atoms with E-state index in [2.05, 4.69) is 28.8 Å². The summed E-state index contributed by atoms with van der Waals surface area (Å²) in [4.78, 5) is 27.5. The molecule has 25 heavy (non-hydrogen) atoms. The number of aromatic nitrogens is 3. The first-order valence-corrected chi connectivity index (χ1v) is 8.54. The largest absolute Gasteiger partial charge is 0.481 e. The SMILES string of the molecule is COc1cc2c(cn1)C(Cc1nccc(C)n1)C(C)[C@H](C)N2C(C)=O. The van der Waals surface area contributed by atoms with Gasteiger partial charge >= 0.3 is 0 Å². The molecular formula is C19H24N4O2. The number of anilines is 1. The van der Waals surface area contributed by atoms with Crippen molar-refractivity contribution < 1.29 is 9.53 Å². The number of ether oxygens (including phenoxy) is 1. The van der Waals surface area contributed by atoms with Gasteiger partial charge in [-0.15, -0.1) is 0 Å². The van der Waals surface area contributed by atoms with Crippen LogP contribution >= 0.6 is 0 Å². The van der Waals surface area contributed by atoms with Crippen LogP contribution in [-0.2, 0) is 11.2 Å². The van der Waals surface area contributed by atoms with Crippen LogP contribution in [0.4, 0.5) is 5.69 Å². The monoisotopic (exact) mass is 340 g/mol. The van der Waals surface area contributed by atoms with Crippen LogP contribution in [0.15, 0.2) is 24.5 Å². The summed E-state index contributed by atoms with van der Waals surface area (Å²) < 4.78 is 5.27. The summed E-state index contributed by atoms with van der Waals surface area (Å²) in [5, 5.41) is 0. The molecule has 0 bridgehead atoms. The zero-order valence-corrected chi connectivity index (χ0v) is 15.4. The van der Waals surface area contributed by atoms with Crippen LogP contribution in [0.2, 0.25) is 0 Å². The number of carbonyl (C=O) groups excluding carboxylic acids is 1. The van der Waals surface area contributed by atoms with E-state index in [1.54, 1.807) is 20.2 Å². The lowest BCUT2D eigenvalue weighted by molar-refractivity contribution is -0.117. The number of methoxy groups -OCH3 is 1. The van der Waals surface area contributed by atoms with Crippen molar-refractivity contribution in [2.24, 2.45) is 5.92 Å². The first-order chi connectivity index (χ1) is 11.9. The number of nitrogens with zero attached hydrogens (tertiary/aromatic N) is 4. The molecule has 2 aromatic heterocycles. The maximum atomic E-state index is 12.3. The average Bonchev–Trinajstić information content (AvgIpc) is 2.58. The van der Waals surface area contributed by atoms with Crippen molar-refractivity contribution in [2.45, 2.75) is 46.1 Å². The summed E-state index contributed by atoms with van der Waals surface area (Å²) in [5.74, 6) is 1.81. The van der Waals surface area contributed by atoms with Crippen LogP contribution in [0, 0.1) is 12.8 Å². The molecule has 1 aliphatic heterocycles. The van der Waals surface area contributed by atoms with E-state index in [4.69, 9.17) is 4.74 Å². The predicted molar refractivity (Wildman–Crippen MR) is 95.8 cm³/mol. The normalized spacial score (nSPS) is 22.4. The Hall–Kier alpha value is -2.50. The van der Waals surface area contributed by atoms with E-state index in [1.165, 1.54) is 0 Å². The molecule has 0 N–H and O–H groups in total. The van der Waals surface area contributed by atoms with E-state index in [-0.39, 0.29) is 23.8 Å². The summed E-state index contributed by atoms with van der Waals surface area (Å²) in [7, 11) is 1.58. The summed E-state index contributed by atoms with van der Waals surface area (Å²) >= 11 is 0. The second kappa shape index (κ2) is 6.78. The van der Waals surface area contributed by atoms with Crippen molar-refractivity contribution in [3.63, 3.8) is 0 Å². The summed E-state index contributed by atoms with van der Waals surface area (Å²) in [6.07, 6.45) is 4.34. The minimum atomic E-state index is 0.0270. The summed E-state index contributed by atoms with van der Waals surface area (Å²) in [5.41, 5.74) is 2.88. The summed E-state index contributed by atoms with van der Waals surface area (Å²) in [6, 6.07) is 3.82. The van der Waals surface area contributed by atoms with E-state index in [0.29, 0.717) is 5.88 Å². The minimum Gasteiger partial charge on any atom is -0.481 e. The van der Waals surface area contributed by atoms with E-state index in [1.807, 2.05) is 30.2 Å². The lowest BCUT2D eigenvalue weighted by atomic mass is 9.76. The second-order valence-corrected chi connectivity index (χ2v) is 6.70. The number of aryl methyl sites for hydroxylation is 1. The number of fused-ring (bicyclic) bond motifs is 1. The number of pyridine rings is 1. The van der Waals surface area contributed by atoms with Gasteiger partial charge in [-0.25, -0.2) is 15.0 Å². The molecule has 3 atom stereocenters. The maximum absolute atomic E-state index is 12.3. The van der Waals surface area contributed by atoms with Gasteiger partial charge in [0.1, 0.15) is 5.82 Å². The highest BCUT2D eigenvalue weighted by molar-refractivity contribution is 5.94. The summed E-state index contributed by atoms with van der Waals surface area (Å²) in [6.45, 7) is 7.83. The molecule has 0 saturated heterocycles. The van der Waals surface area contributed by atoms with Crippen molar-refractivity contribution >= 4 is 11.6 Å².